The maximum absolute atomic E-state index is 13.4. The molecule has 9 heteroatoms. The maximum Gasteiger partial charge on any atom is 0.229 e. The van der Waals surface area contributed by atoms with Crippen molar-refractivity contribution in [3.8, 4) is 0 Å². The van der Waals surface area contributed by atoms with E-state index in [0.29, 0.717) is 11.7 Å². The number of hydrogen-bond donors (Lipinski definition) is 1. The Bertz CT molecular complexity index is 1550. The van der Waals surface area contributed by atoms with Gasteiger partial charge in [-0.25, -0.2) is 13.4 Å². The molecular formula is C24H23N5O2S2. The first-order chi connectivity index (χ1) is 15.9. The highest BCUT2D eigenvalue weighted by Crippen LogP contribution is 2.33. The van der Waals surface area contributed by atoms with Crippen molar-refractivity contribution in [2.45, 2.75) is 43.0 Å². The number of sulfone groups is 1. The van der Waals surface area contributed by atoms with E-state index < -0.39 is 9.84 Å². The third-order valence-corrected chi connectivity index (χ3v) is 8.24. The molecule has 1 N–H and O–H groups in total. The fraction of sp³-hybridized carbons (Fsp3) is 0.208. The second kappa shape index (κ2) is 8.24. The summed E-state index contributed by atoms with van der Waals surface area (Å²) in [6.45, 7) is 6.33. The van der Waals surface area contributed by atoms with Gasteiger partial charge in [-0.3, -0.25) is 0 Å². The number of aromatic nitrogens is 4. The zero-order valence-electron chi connectivity index (χ0n) is 18.5. The van der Waals surface area contributed by atoms with Crippen LogP contribution in [0.5, 0.6) is 0 Å². The molecule has 3 aromatic heterocycles. The second-order valence-electron chi connectivity index (χ2n) is 8.13. The Hall–Kier alpha value is -3.30. The van der Waals surface area contributed by atoms with Gasteiger partial charge in [0.05, 0.1) is 15.1 Å². The molecule has 0 spiro atoms. The van der Waals surface area contributed by atoms with Crippen LogP contribution in [0.4, 0.5) is 11.5 Å². The summed E-state index contributed by atoms with van der Waals surface area (Å²) in [6.07, 6.45) is 0.833. The monoisotopic (exact) mass is 477 g/mol. The quantitative estimate of drug-likeness (QED) is 0.342. The van der Waals surface area contributed by atoms with Gasteiger partial charge >= 0.3 is 0 Å². The average Bonchev–Trinajstić information content (AvgIpc) is 3.47. The van der Waals surface area contributed by atoms with E-state index in [-0.39, 0.29) is 15.6 Å². The third kappa shape index (κ3) is 3.77. The standard InChI is InChI=1S/C24H23N5O2S2/c1-4-16-5-11-19(12-6-16)33(30,31)24-23-26-22(21-20(13-14-32-21)29(23)28-27-24)25-18-9-7-17(8-10-18)15(2)3/h5-15H,4H2,1-3H3,(H,25,26). The number of aryl methyl sites for hydroxylation is 1. The molecule has 3 heterocycles. The van der Waals surface area contributed by atoms with E-state index in [4.69, 9.17) is 0 Å². The van der Waals surface area contributed by atoms with Crippen molar-refractivity contribution < 1.29 is 8.42 Å². The van der Waals surface area contributed by atoms with Crippen molar-refractivity contribution in [2.75, 3.05) is 5.32 Å². The van der Waals surface area contributed by atoms with Crippen molar-refractivity contribution in [1.82, 2.24) is 19.8 Å². The number of nitrogens with zero attached hydrogens (tertiary/aromatic N) is 4. The molecule has 2 aromatic carbocycles. The van der Waals surface area contributed by atoms with Crippen LogP contribution in [0.15, 0.2) is 69.9 Å². The summed E-state index contributed by atoms with van der Waals surface area (Å²) in [5, 5.41) is 13.3. The predicted molar refractivity (Wildman–Crippen MR) is 131 cm³/mol. The summed E-state index contributed by atoms with van der Waals surface area (Å²) < 4.78 is 29.1. The van der Waals surface area contributed by atoms with Crippen LogP contribution >= 0.6 is 11.3 Å². The highest BCUT2D eigenvalue weighted by atomic mass is 32.2. The minimum absolute atomic E-state index is 0.155. The maximum atomic E-state index is 13.4. The molecule has 0 aliphatic carbocycles. The average molecular weight is 478 g/mol. The third-order valence-electron chi connectivity index (χ3n) is 5.66. The molecule has 0 bridgehead atoms. The van der Waals surface area contributed by atoms with E-state index >= 15 is 0 Å². The molecule has 168 valence electrons. The predicted octanol–water partition coefficient (Wildman–Crippen LogP) is 5.60. The summed E-state index contributed by atoms with van der Waals surface area (Å²) in [4.78, 5) is 4.85. The molecule has 33 heavy (non-hydrogen) atoms. The molecule has 0 unspecified atom stereocenters. The summed E-state index contributed by atoms with van der Waals surface area (Å²) in [6, 6.07) is 16.9. The van der Waals surface area contributed by atoms with Gasteiger partial charge in [-0.05, 0) is 59.2 Å². The van der Waals surface area contributed by atoms with Crippen molar-refractivity contribution in [3.05, 3.63) is 71.1 Å². The Morgan fingerprint density at radius 3 is 2.42 bits per heavy atom. The normalized spacial score (nSPS) is 12.1. The van der Waals surface area contributed by atoms with Crippen LogP contribution < -0.4 is 5.32 Å². The number of thiophene rings is 1. The fourth-order valence-corrected chi connectivity index (χ4v) is 5.74. The summed E-state index contributed by atoms with van der Waals surface area (Å²) in [5.41, 5.74) is 4.13. The van der Waals surface area contributed by atoms with Crippen LogP contribution in [-0.2, 0) is 16.3 Å². The molecule has 0 aliphatic rings. The van der Waals surface area contributed by atoms with Crippen LogP contribution in [-0.4, -0.2) is 28.2 Å². The van der Waals surface area contributed by atoms with Crippen molar-refractivity contribution in [3.63, 3.8) is 0 Å². The van der Waals surface area contributed by atoms with Gasteiger partial charge in [-0.15, -0.1) is 16.4 Å². The summed E-state index contributed by atoms with van der Waals surface area (Å²) in [5.74, 6) is 1.01. The van der Waals surface area contributed by atoms with Crippen molar-refractivity contribution >= 4 is 48.5 Å². The van der Waals surface area contributed by atoms with E-state index in [1.165, 1.54) is 21.4 Å². The lowest BCUT2D eigenvalue weighted by atomic mass is 10.0. The SMILES string of the molecule is CCc1ccc(S(=O)(=O)c2nnn3c2nc(Nc2ccc(C(C)C)cc2)c2sccc23)cc1. The molecule has 7 nitrogen and oxygen atoms in total. The molecule has 0 atom stereocenters. The van der Waals surface area contributed by atoms with E-state index in [1.807, 2.05) is 42.6 Å². The molecule has 5 rings (SSSR count). The number of benzene rings is 2. The van der Waals surface area contributed by atoms with Crippen molar-refractivity contribution in [1.29, 1.82) is 0 Å². The smallest absolute Gasteiger partial charge is 0.229 e. The highest BCUT2D eigenvalue weighted by molar-refractivity contribution is 7.91. The first-order valence-corrected chi connectivity index (χ1v) is 13.1. The number of nitrogens with one attached hydrogen (secondary N) is 1. The topological polar surface area (TPSA) is 89.2 Å². The van der Waals surface area contributed by atoms with E-state index in [2.05, 4.69) is 46.6 Å². The number of rotatable bonds is 6. The molecule has 0 amide bonds. The first kappa shape index (κ1) is 21.5. The summed E-state index contributed by atoms with van der Waals surface area (Å²) >= 11 is 1.51. The van der Waals surface area contributed by atoms with Gasteiger partial charge in [-0.2, -0.15) is 4.52 Å². The Morgan fingerprint density at radius 1 is 1.03 bits per heavy atom. The second-order valence-corrected chi connectivity index (χ2v) is 10.9. The van der Waals surface area contributed by atoms with E-state index in [1.54, 1.807) is 12.1 Å². The Kier molecular flexibility index (Phi) is 5.38. The summed E-state index contributed by atoms with van der Waals surface area (Å²) in [7, 11) is -3.89. The molecular weight excluding hydrogens is 454 g/mol. The number of anilines is 2. The Balaban J connectivity index is 1.62. The van der Waals surface area contributed by atoms with Crippen LogP contribution in [0, 0.1) is 0 Å². The number of hydrogen-bond acceptors (Lipinski definition) is 7. The molecule has 0 saturated carbocycles. The van der Waals surface area contributed by atoms with E-state index in [0.717, 1.165) is 27.9 Å². The van der Waals surface area contributed by atoms with Crippen LogP contribution in [0.25, 0.3) is 15.9 Å². The lowest BCUT2D eigenvalue weighted by Crippen LogP contribution is -2.05. The molecule has 5 aromatic rings. The lowest BCUT2D eigenvalue weighted by Gasteiger charge is -2.10. The highest BCUT2D eigenvalue weighted by Gasteiger charge is 2.27. The lowest BCUT2D eigenvalue weighted by molar-refractivity contribution is 0.592. The fourth-order valence-electron chi connectivity index (χ4n) is 3.69. The van der Waals surface area contributed by atoms with Crippen molar-refractivity contribution in [2.24, 2.45) is 0 Å². The van der Waals surface area contributed by atoms with Gasteiger partial charge < -0.3 is 5.32 Å². The van der Waals surface area contributed by atoms with Crippen LogP contribution in [0.1, 0.15) is 37.8 Å². The van der Waals surface area contributed by atoms with Crippen LogP contribution in [0.2, 0.25) is 0 Å². The molecule has 0 radical (unpaired) electrons. The van der Waals surface area contributed by atoms with E-state index in [9.17, 15) is 8.42 Å². The van der Waals surface area contributed by atoms with Gasteiger partial charge in [0.25, 0.3) is 0 Å². The van der Waals surface area contributed by atoms with Gasteiger partial charge in [-0.1, -0.05) is 50.3 Å². The zero-order valence-corrected chi connectivity index (χ0v) is 20.1. The van der Waals surface area contributed by atoms with Crippen LogP contribution in [0.3, 0.4) is 0 Å². The minimum atomic E-state index is -3.89. The van der Waals surface area contributed by atoms with Gasteiger partial charge in [0, 0.05) is 5.69 Å². The largest absolute Gasteiger partial charge is 0.339 e. The zero-order chi connectivity index (χ0) is 23.2. The Morgan fingerprint density at radius 2 is 1.76 bits per heavy atom. The van der Waals surface area contributed by atoms with Gasteiger partial charge in [0.1, 0.15) is 0 Å². The molecule has 0 aliphatic heterocycles. The Labute approximate surface area is 196 Å². The van der Waals surface area contributed by atoms with Gasteiger partial charge in [0.2, 0.25) is 14.9 Å². The molecule has 0 fully saturated rings. The molecule has 0 saturated heterocycles. The minimum Gasteiger partial charge on any atom is -0.339 e. The number of fused-ring (bicyclic) bond motifs is 3. The first-order valence-electron chi connectivity index (χ1n) is 10.7. The van der Waals surface area contributed by atoms with Gasteiger partial charge in [0.15, 0.2) is 11.5 Å².